The van der Waals surface area contributed by atoms with Crippen LogP contribution in [0.15, 0.2) is 73.2 Å². The molecule has 9 heteroatoms. The van der Waals surface area contributed by atoms with Crippen molar-refractivity contribution >= 4 is 28.5 Å². The van der Waals surface area contributed by atoms with Crippen molar-refractivity contribution in [2.75, 3.05) is 5.73 Å². The van der Waals surface area contributed by atoms with Crippen molar-refractivity contribution in [3.8, 4) is 0 Å². The highest BCUT2D eigenvalue weighted by Gasteiger charge is 2.32. The highest BCUT2D eigenvalue weighted by atomic mass is 19.3. The molecule has 0 saturated heterocycles. The van der Waals surface area contributed by atoms with Gasteiger partial charge >= 0.3 is 0 Å². The molecule has 33 heavy (non-hydrogen) atoms. The van der Waals surface area contributed by atoms with Crippen LogP contribution in [0.3, 0.4) is 0 Å². The summed E-state index contributed by atoms with van der Waals surface area (Å²) < 4.78 is 29.0. The SMILES string of the molecule is CC(F)(F)c1cnn(C2=Cc3ccccc3C2c2cc3ccccc3[nH]2)c1.Nc1cn[nH]n1. The average Bonchev–Trinajstić information content (AvgIpc) is 3.57. The number of anilines is 1. The summed E-state index contributed by atoms with van der Waals surface area (Å²) in [5.74, 6) is -2.58. The molecule has 1 aliphatic carbocycles. The minimum atomic E-state index is -2.92. The molecule has 2 aromatic carbocycles. The lowest BCUT2D eigenvalue weighted by Gasteiger charge is -2.16. The van der Waals surface area contributed by atoms with Gasteiger partial charge in [0.05, 0.1) is 29.6 Å². The fraction of sp³-hybridized carbons (Fsp3) is 0.125. The van der Waals surface area contributed by atoms with Crippen LogP contribution in [0.1, 0.15) is 35.2 Å². The van der Waals surface area contributed by atoms with Crippen molar-refractivity contribution in [3.05, 3.63) is 95.6 Å². The highest BCUT2D eigenvalue weighted by molar-refractivity contribution is 5.88. The van der Waals surface area contributed by atoms with Gasteiger partial charge < -0.3 is 10.7 Å². The molecule has 166 valence electrons. The van der Waals surface area contributed by atoms with Crippen LogP contribution in [0.25, 0.3) is 22.7 Å². The molecule has 0 amide bonds. The van der Waals surface area contributed by atoms with Gasteiger partial charge in [0.1, 0.15) is 0 Å². The first-order valence-electron chi connectivity index (χ1n) is 10.3. The summed E-state index contributed by atoms with van der Waals surface area (Å²) in [5, 5.41) is 14.6. The second-order valence-electron chi connectivity index (χ2n) is 7.90. The Bertz CT molecular complexity index is 1390. The van der Waals surface area contributed by atoms with Crippen molar-refractivity contribution < 1.29 is 8.78 Å². The summed E-state index contributed by atoms with van der Waals surface area (Å²) in [7, 11) is 0. The fourth-order valence-electron chi connectivity index (χ4n) is 3.98. The number of halogens is 2. The highest BCUT2D eigenvalue weighted by Crippen LogP contribution is 2.43. The number of nitrogens with one attached hydrogen (secondary N) is 2. The summed E-state index contributed by atoms with van der Waals surface area (Å²) in [6.45, 7) is 0.890. The maximum absolute atomic E-state index is 13.7. The molecule has 4 N–H and O–H groups in total. The van der Waals surface area contributed by atoms with E-state index in [1.54, 1.807) is 4.68 Å². The molecule has 5 aromatic rings. The quantitative estimate of drug-likeness (QED) is 0.363. The van der Waals surface area contributed by atoms with E-state index in [1.165, 1.54) is 18.6 Å². The van der Waals surface area contributed by atoms with Gasteiger partial charge in [0.2, 0.25) is 0 Å². The molecule has 7 nitrogen and oxygen atoms in total. The van der Waals surface area contributed by atoms with Crippen molar-refractivity contribution in [1.82, 2.24) is 30.2 Å². The van der Waals surface area contributed by atoms with Crippen LogP contribution in [0, 0.1) is 0 Å². The molecule has 0 bridgehead atoms. The van der Waals surface area contributed by atoms with Gasteiger partial charge in [0, 0.05) is 24.3 Å². The first-order chi connectivity index (χ1) is 15.9. The number of nitrogens with zero attached hydrogens (tertiary/aromatic N) is 4. The molecule has 6 rings (SSSR count). The maximum Gasteiger partial charge on any atom is 0.273 e. The molecule has 3 heterocycles. The number of hydrogen-bond acceptors (Lipinski definition) is 4. The van der Waals surface area contributed by atoms with E-state index in [0.29, 0.717) is 5.82 Å². The van der Waals surface area contributed by atoms with E-state index in [2.05, 4.69) is 43.7 Å². The number of H-pyrrole nitrogens is 2. The molecule has 0 aliphatic heterocycles. The van der Waals surface area contributed by atoms with E-state index in [1.807, 2.05) is 42.5 Å². The van der Waals surface area contributed by atoms with E-state index < -0.39 is 5.92 Å². The molecule has 1 unspecified atom stereocenters. The van der Waals surface area contributed by atoms with Gasteiger partial charge in [0.25, 0.3) is 5.92 Å². The Balaban J connectivity index is 0.000000332. The number of alkyl halides is 2. The van der Waals surface area contributed by atoms with E-state index in [0.717, 1.165) is 40.3 Å². The van der Waals surface area contributed by atoms with Gasteiger partial charge in [-0.25, -0.2) is 13.5 Å². The number of rotatable bonds is 3. The van der Waals surface area contributed by atoms with E-state index >= 15 is 0 Å². The maximum atomic E-state index is 13.7. The number of benzene rings is 2. The van der Waals surface area contributed by atoms with E-state index in [9.17, 15) is 8.78 Å². The number of nitrogens with two attached hydrogens (primary N) is 1. The van der Waals surface area contributed by atoms with Gasteiger partial charge in [-0.15, -0.1) is 5.10 Å². The summed E-state index contributed by atoms with van der Waals surface area (Å²) in [6, 6.07) is 18.3. The molecule has 0 fully saturated rings. The Morgan fingerprint density at radius 2 is 1.85 bits per heavy atom. The first-order valence-corrected chi connectivity index (χ1v) is 10.3. The largest absolute Gasteiger partial charge is 0.381 e. The average molecular weight is 445 g/mol. The number of fused-ring (bicyclic) bond motifs is 2. The summed E-state index contributed by atoms with van der Waals surface area (Å²) in [6.07, 6.45) is 6.13. The zero-order valence-corrected chi connectivity index (χ0v) is 17.7. The van der Waals surface area contributed by atoms with Crippen LogP contribution in [-0.4, -0.2) is 30.2 Å². The molecule has 0 saturated carbocycles. The Morgan fingerprint density at radius 3 is 2.52 bits per heavy atom. The molecule has 1 atom stereocenters. The van der Waals surface area contributed by atoms with Crippen LogP contribution >= 0.6 is 0 Å². The Morgan fingerprint density at radius 1 is 1.06 bits per heavy atom. The normalized spacial score (nSPS) is 15.1. The van der Waals surface area contributed by atoms with Crippen LogP contribution in [0.4, 0.5) is 14.6 Å². The monoisotopic (exact) mass is 445 g/mol. The predicted molar refractivity (Wildman–Crippen MR) is 123 cm³/mol. The summed E-state index contributed by atoms with van der Waals surface area (Å²) in [4.78, 5) is 3.49. The van der Waals surface area contributed by atoms with Gasteiger partial charge in [-0.2, -0.15) is 15.4 Å². The topological polar surface area (TPSA) is 101 Å². The molecule has 0 spiro atoms. The van der Waals surface area contributed by atoms with Crippen molar-refractivity contribution in [2.24, 2.45) is 0 Å². The number of aromatic amines is 2. The molecule has 0 radical (unpaired) electrons. The number of hydrogen-bond donors (Lipinski definition) is 3. The van der Waals surface area contributed by atoms with Gasteiger partial charge in [-0.1, -0.05) is 42.5 Å². The minimum Gasteiger partial charge on any atom is -0.381 e. The van der Waals surface area contributed by atoms with Crippen molar-refractivity contribution in [1.29, 1.82) is 0 Å². The van der Waals surface area contributed by atoms with Crippen LogP contribution in [0.2, 0.25) is 0 Å². The molecule has 3 aromatic heterocycles. The third kappa shape index (κ3) is 4.00. The standard InChI is InChI=1S/C22H17F2N3.C2H4N4/c1-22(23,24)16-12-25-27(13-16)20-11-14-6-2-4-8-17(14)21(20)19-10-15-7-3-5-9-18(15)26-19;3-2-1-4-6-5-2/h2-13,21,26H,1H3;1H,(H3,3,4,5,6). The zero-order chi connectivity index (χ0) is 23.0. The molecular formula is C24H21F2N7. The number of aromatic nitrogens is 6. The number of para-hydroxylation sites is 1. The molecule has 1 aliphatic rings. The summed E-state index contributed by atoms with van der Waals surface area (Å²) in [5.41, 5.74) is 10.1. The van der Waals surface area contributed by atoms with Crippen molar-refractivity contribution in [2.45, 2.75) is 18.8 Å². The second-order valence-corrected chi connectivity index (χ2v) is 7.90. The Kier molecular flexibility index (Phi) is 5.01. The van der Waals surface area contributed by atoms with Crippen LogP contribution in [0.5, 0.6) is 0 Å². The van der Waals surface area contributed by atoms with E-state index in [4.69, 9.17) is 5.73 Å². The van der Waals surface area contributed by atoms with Crippen LogP contribution in [-0.2, 0) is 5.92 Å². The molecular weight excluding hydrogens is 424 g/mol. The first kappa shape index (κ1) is 20.6. The lowest BCUT2D eigenvalue weighted by Crippen LogP contribution is -2.08. The third-order valence-electron chi connectivity index (χ3n) is 5.56. The predicted octanol–water partition coefficient (Wildman–Crippen LogP) is 5.01. The van der Waals surface area contributed by atoms with Crippen LogP contribution < -0.4 is 5.73 Å². The number of nitrogen functional groups attached to an aromatic ring is 1. The number of allylic oxidation sites excluding steroid dienone is 1. The van der Waals surface area contributed by atoms with Crippen molar-refractivity contribution in [3.63, 3.8) is 0 Å². The fourth-order valence-corrected chi connectivity index (χ4v) is 3.98. The van der Waals surface area contributed by atoms with E-state index in [-0.39, 0.29) is 11.5 Å². The second kappa shape index (κ2) is 8.01. The summed E-state index contributed by atoms with van der Waals surface area (Å²) >= 11 is 0. The lowest BCUT2D eigenvalue weighted by atomic mass is 9.95. The van der Waals surface area contributed by atoms with Gasteiger partial charge in [0.15, 0.2) is 5.82 Å². The Hall–Kier alpha value is -4.27. The zero-order valence-electron chi connectivity index (χ0n) is 17.7. The van der Waals surface area contributed by atoms with Gasteiger partial charge in [-0.3, -0.25) is 0 Å². The lowest BCUT2D eigenvalue weighted by molar-refractivity contribution is 0.0174. The van der Waals surface area contributed by atoms with Gasteiger partial charge in [-0.05, 0) is 34.7 Å². The minimum absolute atomic E-state index is 0.0882. The Labute approximate surface area is 187 Å². The smallest absolute Gasteiger partial charge is 0.273 e. The third-order valence-corrected chi connectivity index (χ3v) is 5.56.